The number of carboxylic acid groups (broad SMARTS) is 1. The molecule has 1 rings (SSSR count). The number of ether oxygens (including phenoxy) is 1. The molecule has 0 saturated heterocycles. The zero-order valence-electron chi connectivity index (χ0n) is 7.88. The minimum atomic E-state index is -2.56. The Balaban J connectivity index is 2.59. The number of aliphatic hydroxyl groups is 1. The predicted octanol–water partition coefficient (Wildman–Crippen LogP) is -0.603. The predicted molar refractivity (Wildman–Crippen MR) is 51.1 cm³/mol. The van der Waals surface area contributed by atoms with Crippen LogP contribution in [0.4, 0.5) is 0 Å². The summed E-state index contributed by atoms with van der Waals surface area (Å²) in [5.41, 5.74) is 2.41. The maximum absolute atomic E-state index is 10.6. The number of benzene rings is 1. The van der Waals surface area contributed by atoms with Crippen molar-refractivity contribution >= 4 is 5.97 Å². The van der Waals surface area contributed by atoms with Gasteiger partial charge in [-0.05, 0) is 5.56 Å². The number of nitrogens with one attached hydrogen (secondary N) is 1. The Morgan fingerprint density at radius 2 is 2.07 bits per heavy atom. The monoisotopic (exact) mass is 212 g/mol. The highest BCUT2D eigenvalue weighted by Gasteiger charge is 2.36. The van der Waals surface area contributed by atoms with Crippen molar-refractivity contribution in [3.8, 4) is 0 Å². The normalized spacial score (nSPS) is 14.5. The molecule has 5 N–H and O–H groups in total. The second kappa shape index (κ2) is 4.85. The van der Waals surface area contributed by atoms with E-state index < -0.39 is 11.9 Å². The quantitative estimate of drug-likeness (QED) is 0.295. The van der Waals surface area contributed by atoms with Gasteiger partial charge in [-0.2, -0.15) is 5.43 Å². The summed E-state index contributed by atoms with van der Waals surface area (Å²) in [5, 5.41) is 17.9. The van der Waals surface area contributed by atoms with E-state index in [1.54, 1.807) is 29.7 Å². The molecule has 1 aromatic rings. The van der Waals surface area contributed by atoms with E-state index in [2.05, 4.69) is 0 Å². The van der Waals surface area contributed by atoms with Gasteiger partial charge in [0.05, 0.1) is 6.61 Å². The second-order valence-electron chi connectivity index (χ2n) is 2.87. The molecule has 0 heterocycles. The van der Waals surface area contributed by atoms with Gasteiger partial charge in [-0.1, -0.05) is 30.3 Å². The lowest BCUT2D eigenvalue weighted by Crippen LogP contribution is -2.57. The smallest absolute Gasteiger partial charge is 0.382 e. The maximum Gasteiger partial charge on any atom is 0.382 e. The molecule has 0 fully saturated rings. The van der Waals surface area contributed by atoms with Gasteiger partial charge in [-0.3, -0.25) is 5.84 Å². The van der Waals surface area contributed by atoms with Crippen LogP contribution in [0.2, 0.25) is 0 Å². The topological polar surface area (TPSA) is 105 Å². The Morgan fingerprint density at radius 1 is 1.47 bits per heavy atom. The first-order chi connectivity index (χ1) is 7.08. The van der Waals surface area contributed by atoms with E-state index in [-0.39, 0.29) is 6.61 Å². The van der Waals surface area contributed by atoms with Gasteiger partial charge in [-0.25, -0.2) is 4.79 Å². The molecule has 0 aromatic heterocycles. The Labute approximate surface area is 86.2 Å². The average molecular weight is 212 g/mol. The van der Waals surface area contributed by atoms with E-state index in [0.717, 1.165) is 5.56 Å². The molecule has 0 aliphatic heterocycles. The van der Waals surface area contributed by atoms with E-state index >= 15 is 0 Å². The number of hydrogen-bond donors (Lipinski definition) is 4. The van der Waals surface area contributed by atoms with E-state index in [9.17, 15) is 9.90 Å². The molecule has 0 bridgehead atoms. The van der Waals surface area contributed by atoms with Crippen molar-refractivity contribution < 1.29 is 19.7 Å². The van der Waals surface area contributed by atoms with E-state index in [1.807, 2.05) is 6.07 Å². The summed E-state index contributed by atoms with van der Waals surface area (Å²) in [4.78, 5) is 10.6. The van der Waals surface area contributed by atoms with Gasteiger partial charge < -0.3 is 14.9 Å². The third-order valence-corrected chi connectivity index (χ3v) is 1.78. The van der Waals surface area contributed by atoms with Gasteiger partial charge in [0.15, 0.2) is 0 Å². The van der Waals surface area contributed by atoms with Crippen LogP contribution in [0.1, 0.15) is 5.56 Å². The van der Waals surface area contributed by atoms with E-state index in [1.165, 1.54) is 0 Å². The number of aliphatic carboxylic acids is 1. The Bertz CT molecular complexity index is 330. The molecule has 15 heavy (non-hydrogen) atoms. The van der Waals surface area contributed by atoms with Gasteiger partial charge in [0, 0.05) is 0 Å². The van der Waals surface area contributed by atoms with Gasteiger partial charge in [-0.15, -0.1) is 0 Å². The molecule has 1 aromatic carbocycles. The Hall–Kier alpha value is -1.47. The summed E-state index contributed by atoms with van der Waals surface area (Å²) in [6, 6.07) is 8.83. The van der Waals surface area contributed by atoms with Crippen LogP contribution in [-0.2, 0) is 16.1 Å². The first-order valence-corrected chi connectivity index (χ1v) is 4.20. The number of hydrogen-bond acceptors (Lipinski definition) is 5. The molecule has 6 heteroatoms. The first-order valence-electron chi connectivity index (χ1n) is 4.20. The lowest BCUT2D eigenvalue weighted by atomic mass is 10.2. The van der Waals surface area contributed by atoms with Gasteiger partial charge in [0.1, 0.15) is 0 Å². The largest absolute Gasteiger partial charge is 0.476 e. The summed E-state index contributed by atoms with van der Waals surface area (Å²) in [5.74, 6) is 0.710. The van der Waals surface area contributed by atoms with Crippen LogP contribution in [0.25, 0.3) is 0 Å². The van der Waals surface area contributed by atoms with Crippen LogP contribution < -0.4 is 11.3 Å². The zero-order valence-corrected chi connectivity index (χ0v) is 7.88. The third kappa shape index (κ3) is 3.00. The second-order valence-corrected chi connectivity index (χ2v) is 2.87. The standard InChI is InChI=1S/C9H12N2O4/c10-11-9(14,8(12)13)15-6-7-4-2-1-3-5-7/h1-5,11,14H,6,10H2,(H,12,13)/t9-/m0/s1. The summed E-state index contributed by atoms with van der Waals surface area (Å²) < 4.78 is 4.75. The summed E-state index contributed by atoms with van der Waals surface area (Å²) in [6.07, 6.45) is 0. The lowest BCUT2D eigenvalue weighted by Gasteiger charge is -2.21. The minimum absolute atomic E-state index is 0.0617. The summed E-state index contributed by atoms with van der Waals surface area (Å²) >= 11 is 0. The van der Waals surface area contributed by atoms with Gasteiger partial charge in [0.25, 0.3) is 0 Å². The first kappa shape index (κ1) is 11.6. The fraction of sp³-hybridized carbons (Fsp3) is 0.222. The van der Waals surface area contributed by atoms with E-state index in [4.69, 9.17) is 15.7 Å². The fourth-order valence-electron chi connectivity index (χ4n) is 0.927. The molecule has 0 unspecified atom stereocenters. The van der Waals surface area contributed by atoms with Gasteiger partial charge in [0.2, 0.25) is 0 Å². The molecular weight excluding hydrogens is 200 g/mol. The van der Waals surface area contributed by atoms with Crippen molar-refractivity contribution in [1.82, 2.24) is 5.43 Å². The fourth-order valence-corrected chi connectivity index (χ4v) is 0.927. The number of carbonyl (C=O) groups is 1. The molecule has 0 aliphatic rings. The van der Waals surface area contributed by atoms with Crippen LogP contribution in [-0.4, -0.2) is 22.1 Å². The number of carboxylic acids is 1. The van der Waals surface area contributed by atoms with E-state index in [0.29, 0.717) is 0 Å². The van der Waals surface area contributed by atoms with Crippen LogP contribution in [0, 0.1) is 0 Å². The highest BCUT2D eigenvalue weighted by atomic mass is 16.7. The Morgan fingerprint density at radius 3 is 2.53 bits per heavy atom. The highest BCUT2D eigenvalue weighted by Crippen LogP contribution is 2.07. The third-order valence-electron chi connectivity index (χ3n) is 1.78. The molecule has 0 spiro atoms. The van der Waals surface area contributed by atoms with Crippen molar-refractivity contribution in [2.24, 2.45) is 5.84 Å². The minimum Gasteiger partial charge on any atom is -0.476 e. The highest BCUT2D eigenvalue weighted by molar-refractivity contribution is 5.74. The van der Waals surface area contributed by atoms with Crippen molar-refractivity contribution in [2.75, 3.05) is 0 Å². The van der Waals surface area contributed by atoms with Crippen LogP contribution in [0.3, 0.4) is 0 Å². The average Bonchev–Trinajstić information content (AvgIpc) is 2.27. The maximum atomic E-state index is 10.6. The number of hydrazine groups is 1. The van der Waals surface area contributed by atoms with Crippen LogP contribution >= 0.6 is 0 Å². The number of nitrogens with two attached hydrogens (primary N) is 1. The van der Waals surface area contributed by atoms with Crippen LogP contribution in [0.5, 0.6) is 0 Å². The SMILES string of the molecule is NN[C@@](O)(OCc1ccccc1)C(=O)O. The zero-order chi connectivity index (χ0) is 11.3. The van der Waals surface area contributed by atoms with Crippen molar-refractivity contribution in [3.05, 3.63) is 35.9 Å². The molecule has 0 aliphatic carbocycles. The van der Waals surface area contributed by atoms with Crippen molar-refractivity contribution in [1.29, 1.82) is 0 Å². The molecular formula is C9H12N2O4. The summed E-state index contributed by atoms with van der Waals surface area (Å²) in [6.45, 7) is -0.0617. The Kier molecular flexibility index (Phi) is 3.75. The van der Waals surface area contributed by atoms with Crippen molar-refractivity contribution in [2.45, 2.75) is 12.5 Å². The molecule has 0 radical (unpaired) electrons. The molecule has 0 amide bonds. The molecule has 6 nitrogen and oxygen atoms in total. The molecule has 1 atom stereocenters. The molecule has 82 valence electrons. The number of rotatable bonds is 5. The molecule has 0 saturated carbocycles. The van der Waals surface area contributed by atoms with Gasteiger partial charge >= 0.3 is 11.9 Å². The van der Waals surface area contributed by atoms with Crippen molar-refractivity contribution in [3.63, 3.8) is 0 Å². The van der Waals surface area contributed by atoms with Crippen LogP contribution in [0.15, 0.2) is 30.3 Å². The summed E-state index contributed by atoms with van der Waals surface area (Å²) in [7, 11) is 0. The lowest BCUT2D eigenvalue weighted by molar-refractivity contribution is -0.241.